The van der Waals surface area contributed by atoms with Gasteiger partial charge in [0.25, 0.3) is 0 Å². The van der Waals surface area contributed by atoms with Crippen molar-refractivity contribution in [2.75, 3.05) is 18.5 Å². The third kappa shape index (κ3) is 4.78. The number of carbonyl (C=O) groups excluding carboxylic acids is 2. The van der Waals surface area contributed by atoms with E-state index in [-0.39, 0.29) is 36.7 Å². The normalized spacial score (nSPS) is 28.9. The molecule has 3 aliphatic rings. The first-order valence-corrected chi connectivity index (χ1v) is 11.1. The van der Waals surface area contributed by atoms with Crippen LogP contribution in [0.2, 0.25) is 0 Å². The first-order chi connectivity index (χ1) is 14.5. The summed E-state index contributed by atoms with van der Waals surface area (Å²) < 4.78 is 17.2. The Kier molecular flexibility index (Phi) is 6.58. The second-order valence-electron chi connectivity index (χ2n) is 8.89. The first-order valence-electron chi connectivity index (χ1n) is 11.1. The molecule has 2 saturated heterocycles. The van der Waals surface area contributed by atoms with Gasteiger partial charge < -0.3 is 19.5 Å². The van der Waals surface area contributed by atoms with Crippen molar-refractivity contribution in [3.63, 3.8) is 0 Å². The van der Waals surface area contributed by atoms with E-state index in [9.17, 15) is 9.59 Å². The Labute approximate surface area is 177 Å². The van der Waals surface area contributed by atoms with E-state index in [1.165, 1.54) is 12.0 Å². The molecule has 2 heterocycles. The van der Waals surface area contributed by atoms with E-state index in [0.29, 0.717) is 18.2 Å². The molecule has 1 saturated carbocycles. The van der Waals surface area contributed by atoms with E-state index >= 15 is 0 Å². The lowest BCUT2D eigenvalue weighted by Gasteiger charge is -2.24. The van der Waals surface area contributed by atoms with Gasteiger partial charge >= 0.3 is 6.09 Å². The van der Waals surface area contributed by atoms with Crippen LogP contribution < -0.4 is 10.6 Å². The summed E-state index contributed by atoms with van der Waals surface area (Å²) in [6, 6.07) is 7.54. The maximum atomic E-state index is 12.6. The van der Waals surface area contributed by atoms with Crippen LogP contribution in [0.15, 0.2) is 24.3 Å². The standard InChI is InChI=1S/C23H32N2O5/c1-14(2)15-8-10-17(11-9-15)24-23(27)30-19-13-29-20-18(12-28-21(19)20)25-22(26)16-6-4-3-5-7-16/h8-11,14,16,18-21H,3-7,12-13H2,1-2H3,(H,24,27)(H,25,26)/t18-,19-,20-,21+/m0/s1. The number of carbonyl (C=O) groups is 2. The molecule has 0 bridgehead atoms. The number of ether oxygens (including phenoxy) is 3. The van der Waals surface area contributed by atoms with Crippen LogP contribution in [0.1, 0.15) is 57.4 Å². The number of benzene rings is 1. The lowest BCUT2D eigenvalue weighted by atomic mass is 9.88. The highest BCUT2D eigenvalue weighted by atomic mass is 16.6. The molecule has 0 unspecified atom stereocenters. The SMILES string of the molecule is CC(C)c1ccc(NC(=O)O[C@H]2CO[C@@H]3[C@@H]2OC[C@@H]3NC(=O)C2CCCCC2)cc1. The highest BCUT2D eigenvalue weighted by molar-refractivity contribution is 5.84. The fourth-order valence-corrected chi connectivity index (χ4v) is 4.59. The Morgan fingerprint density at radius 2 is 1.70 bits per heavy atom. The number of anilines is 1. The van der Waals surface area contributed by atoms with Gasteiger partial charge in [-0.2, -0.15) is 0 Å². The van der Waals surface area contributed by atoms with E-state index in [1.807, 2.05) is 24.3 Å². The largest absolute Gasteiger partial charge is 0.441 e. The van der Waals surface area contributed by atoms with Crippen molar-refractivity contribution in [3.05, 3.63) is 29.8 Å². The fraction of sp³-hybridized carbons (Fsp3) is 0.652. The van der Waals surface area contributed by atoms with Crippen molar-refractivity contribution in [1.82, 2.24) is 5.32 Å². The number of fused-ring (bicyclic) bond motifs is 1. The average Bonchev–Trinajstić information content (AvgIpc) is 3.32. The summed E-state index contributed by atoms with van der Waals surface area (Å²) in [6.45, 7) is 4.90. The quantitative estimate of drug-likeness (QED) is 0.766. The number of amides is 2. The molecule has 3 fully saturated rings. The Bertz CT molecular complexity index is 744. The van der Waals surface area contributed by atoms with Crippen LogP contribution in [0.25, 0.3) is 0 Å². The molecular weight excluding hydrogens is 384 g/mol. The monoisotopic (exact) mass is 416 g/mol. The van der Waals surface area contributed by atoms with E-state index in [1.54, 1.807) is 0 Å². The summed E-state index contributed by atoms with van der Waals surface area (Å²) in [5.41, 5.74) is 1.89. The van der Waals surface area contributed by atoms with Crippen molar-refractivity contribution in [3.8, 4) is 0 Å². The zero-order valence-electron chi connectivity index (χ0n) is 17.8. The van der Waals surface area contributed by atoms with Crippen molar-refractivity contribution in [2.24, 2.45) is 5.92 Å². The molecule has 0 aromatic heterocycles. The lowest BCUT2D eigenvalue weighted by Crippen LogP contribution is -2.46. The molecule has 2 amide bonds. The van der Waals surface area contributed by atoms with Gasteiger partial charge in [-0.25, -0.2) is 4.79 Å². The van der Waals surface area contributed by atoms with E-state index in [2.05, 4.69) is 24.5 Å². The molecule has 0 spiro atoms. The van der Waals surface area contributed by atoms with Crippen molar-refractivity contribution in [1.29, 1.82) is 0 Å². The van der Waals surface area contributed by atoms with E-state index in [4.69, 9.17) is 14.2 Å². The van der Waals surface area contributed by atoms with Gasteiger partial charge in [0.05, 0.1) is 19.3 Å². The molecule has 0 radical (unpaired) electrons. The predicted octanol–water partition coefficient (Wildman–Crippen LogP) is 3.59. The molecule has 2 aliphatic heterocycles. The van der Waals surface area contributed by atoms with Crippen LogP contribution in [0, 0.1) is 5.92 Å². The predicted molar refractivity (Wildman–Crippen MR) is 112 cm³/mol. The maximum absolute atomic E-state index is 12.6. The summed E-state index contributed by atoms with van der Waals surface area (Å²) in [5.74, 6) is 0.628. The van der Waals surface area contributed by atoms with Gasteiger partial charge in [-0.15, -0.1) is 0 Å². The smallest absolute Gasteiger partial charge is 0.412 e. The van der Waals surface area contributed by atoms with E-state index < -0.39 is 12.2 Å². The van der Waals surface area contributed by atoms with Crippen molar-refractivity contribution < 1.29 is 23.8 Å². The second-order valence-corrected chi connectivity index (χ2v) is 8.89. The molecule has 164 valence electrons. The van der Waals surface area contributed by atoms with Gasteiger partial charge in [0, 0.05) is 11.6 Å². The fourth-order valence-electron chi connectivity index (χ4n) is 4.59. The van der Waals surface area contributed by atoms with Gasteiger partial charge in [0.2, 0.25) is 5.91 Å². The number of nitrogens with one attached hydrogen (secondary N) is 2. The Hall–Kier alpha value is -2.12. The minimum atomic E-state index is -0.528. The summed E-state index contributed by atoms with van der Waals surface area (Å²) in [6.07, 6.45) is 3.72. The minimum Gasteiger partial charge on any atom is -0.441 e. The van der Waals surface area contributed by atoms with Crippen LogP contribution in [0.5, 0.6) is 0 Å². The van der Waals surface area contributed by atoms with Crippen LogP contribution in [-0.2, 0) is 19.0 Å². The third-order valence-electron chi connectivity index (χ3n) is 6.39. The minimum absolute atomic E-state index is 0.0964. The molecule has 1 aromatic carbocycles. The zero-order valence-corrected chi connectivity index (χ0v) is 17.8. The third-order valence-corrected chi connectivity index (χ3v) is 6.39. The molecule has 4 atom stereocenters. The van der Waals surface area contributed by atoms with Crippen LogP contribution in [0.3, 0.4) is 0 Å². The van der Waals surface area contributed by atoms with E-state index in [0.717, 1.165) is 25.7 Å². The molecule has 30 heavy (non-hydrogen) atoms. The summed E-state index contributed by atoms with van der Waals surface area (Å²) in [5, 5.41) is 5.86. The summed E-state index contributed by atoms with van der Waals surface area (Å²) >= 11 is 0. The number of hydrogen-bond donors (Lipinski definition) is 2. The topological polar surface area (TPSA) is 85.9 Å². The van der Waals surface area contributed by atoms with Gasteiger partial charge in [0.1, 0.15) is 12.2 Å². The zero-order chi connectivity index (χ0) is 21.1. The Morgan fingerprint density at radius 3 is 2.40 bits per heavy atom. The molecule has 1 aliphatic carbocycles. The molecule has 2 N–H and O–H groups in total. The summed E-state index contributed by atoms with van der Waals surface area (Å²) in [4.78, 5) is 24.9. The Morgan fingerprint density at radius 1 is 1.00 bits per heavy atom. The van der Waals surface area contributed by atoms with Crippen LogP contribution in [-0.4, -0.2) is 49.6 Å². The van der Waals surface area contributed by atoms with Crippen molar-refractivity contribution >= 4 is 17.7 Å². The van der Waals surface area contributed by atoms with Gasteiger partial charge in [-0.05, 0) is 36.5 Å². The highest BCUT2D eigenvalue weighted by Gasteiger charge is 2.50. The maximum Gasteiger partial charge on any atom is 0.412 e. The molecule has 7 nitrogen and oxygen atoms in total. The van der Waals surface area contributed by atoms with Crippen molar-refractivity contribution in [2.45, 2.75) is 76.2 Å². The van der Waals surface area contributed by atoms with Gasteiger partial charge in [-0.3, -0.25) is 10.1 Å². The Balaban J connectivity index is 1.27. The first kappa shape index (κ1) is 21.1. The number of rotatable bonds is 5. The van der Waals surface area contributed by atoms with Gasteiger partial charge in [0.15, 0.2) is 6.10 Å². The molecule has 1 aromatic rings. The second kappa shape index (κ2) is 9.35. The lowest BCUT2D eigenvalue weighted by molar-refractivity contribution is -0.127. The molecule has 4 rings (SSSR count). The van der Waals surface area contributed by atoms with Crippen LogP contribution >= 0.6 is 0 Å². The number of hydrogen-bond acceptors (Lipinski definition) is 5. The highest BCUT2D eigenvalue weighted by Crippen LogP contribution is 2.30. The van der Waals surface area contributed by atoms with Gasteiger partial charge in [-0.1, -0.05) is 45.2 Å². The molecule has 7 heteroatoms. The summed E-state index contributed by atoms with van der Waals surface area (Å²) in [7, 11) is 0. The average molecular weight is 417 g/mol. The molecular formula is C23H32N2O5. The van der Waals surface area contributed by atoms with Crippen LogP contribution in [0.4, 0.5) is 10.5 Å².